The molecular weight excluding hydrogens is 268 g/mol. The minimum atomic E-state index is 0.234. The van der Waals surface area contributed by atoms with Crippen molar-refractivity contribution in [2.24, 2.45) is 0 Å². The molecule has 1 aromatic heterocycles. The lowest BCUT2D eigenvalue weighted by Gasteiger charge is -2.37. The Labute approximate surface area is 118 Å². The Bertz CT molecular complexity index is 395. The van der Waals surface area contributed by atoms with Gasteiger partial charge in [-0.2, -0.15) is 16.9 Å². The van der Waals surface area contributed by atoms with Gasteiger partial charge in [-0.05, 0) is 21.0 Å². The molecule has 0 spiro atoms. The number of aromatic nitrogens is 2. The van der Waals surface area contributed by atoms with E-state index in [9.17, 15) is 0 Å². The lowest BCUT2D eigenvalue weighted by Crippen LogP contribution is -2.47. The van der Waals surface area contributed by atoms with Gasteiger partial charge in [0.1, 0.15) is 0 Å². The highest BCUT2D eigenvalue weighted by Crippen LogP contribution is 2.30. The van der Waals surface area contributed by atoms with Gasteiger partial charge in [0.05, 0.1) is 23.0 Å². The van der Waals surface area contributed by atoms with E-state index in [4.69, 9.17) is 11.6 Å². The summed E-state index contributed by atoms with van der Waals surface area (Å²) in [4.78, 5) is 2.42. The quantitative estimate of drug-likeness (QED) is 0.917. The number of nitrogens with zero attached hydrogens (tertiary/aromatic N) is 3. The lowest BCUT2D eigenvalue weighted by molar-refractivity contribution is 0.215. The molecule has 1 saturated heterocycles. The summed E-state index contributed by atoms with van der Waals surface area (Å²) in [5.74, 6) is 2.34. The van der Waals surface area contributed by atoms with Crippen molar-refractivity contribution >= 4 is 23.4 Å². The average molecular weight is 289 g/mol. The Kier molecular flexibility index (Phi) is 4.95. The van der Waals surface area contributed by atoms with Crippen LogP contribution < -0.4 is 5.32 Å². The Morgan fingerprint density at radius 2 is 2.44 bits per heavy atom. The summed E-state index contributed by atoms with van der Waals surface area (Å²) in [5.41, 5.74) is 1.11. The molecule has 0 bridgehead atoms. The van der Waals surface area contributed by atoms with E-state index in [2.05, 4.69) is 29.3 Å². The number of aryl methyl sites for hydroxylation is 1. The molecule has 0 saturated carbocycles. The highest BCUT2D eigenvalue weighted by Gasteiger charge is 2.31. The topological polar surface area (TPSA) is 33.1 Å². The fourth-order valence-corrected chi connectivity index (χ4v) is 4.03. The lowest BCUT2D eigenvalue weighted by atomic mass is 10.0. The van der Waals surface area contributed by atoms with Crippen LogP contribution in [0, 0.1) is 0 Å². The number of rotatable bonds is 4. The molecule has 2 atom stereocenters. The van der Waals surface area contributed by atoms with Crippen molar-refractivity contribution in [3.05, 3.63) is 16.9 Å². The maximum atomic E-state index is 6.32. The standard InChI is InChI=1S/C12H21ClN4S/c1-4-17-12(9(13)7-15-17)11(14-2)10-8-18-6-5-16(10)3/h7,10-11,14H,4-6,8H2,1-3H3. The summed E-state index contributed by atoms with van der Waals surface area (Å²) >= 11 is 8.33. The van der Waals surface area contributed by atoms with Crippen molar-refractivity contribution in [1.82, 2.24) is 20.0 Å². The second kappa shape index (κ2) is 6.28. The summed E-state index contributed by atoms with van der Waals surface area (Å²) in [6.45, 7) is 4.08. The zero-order chi connectivity index (χ0) is 13.1. The fourth-order valence-electron chi connectivity index (χ4n) is 2.50. The average Bonchev–Trinajstić information content (AvgIpc) is 2.74. The minimum Gasteiger partial charge on any atom is -0.310 e. The first kappa shape index (κ1) is 14.2. The van der Waals surface area contributed by atoms with E-state index in [1.807, 2.05) is 23.5 Å². The van der Waals surface area contributed by atoms with Crippen LogP contribution in [-0.2, 0) is 6.54 Å². The van der Waals surface area contributed by atoms with Gasteiger partial charge in [-0.1, -0.05) is 11.6 Å². The molecule has 0 aliphatic carbocycles. The zero-order valence-electron chi connectivity index (χ0n) is 11.2. The van der Waals surface area contributed by atoms with E-state index in [1.165, 1.54) is 5.75 Å². The molecule has 1 aliphatic rings. The molecule has 0 radical (unpaired) electrons. The van der Waals surface area contributed by atoms with E-state index in [-0.39, 0.29) is 6.04 Å². The van der Waals surface area contributed by atoms with Gasteiger partial charge < -0.3 is 5.32 Å². The molecule has 2 rings (SSSR count). The number of hydrogen-bond acceptors (Lipinski definition) is 4. The SMILES string of the molecule is CCn1ncc(Cl)c1C(NC)C1CSCCN1C. The van der Waals surface area contributed by atoms with Crippen LogP contribution in [0.4, 0.5) is 0 Å². The zero-order valence-corrected chi connectivity index (χ0v) is 12.8. The largest absolute Gasteiger partial charge is 0.310 e. The molecule has 0 amide bonds. The second-order valence-electron chi connectivity index (χ2n) is 4.58. The van der Waals surface area contributed by atoms with Crippen LogP contribution in [0.3, 0.4) is 0 Å². The predicted molar refractivity (Wildman–Crippen MR) is 78.5 cm³/mol. The molecule has 1 aromatic rings. The van der Waals surface area contributed by atoms with Gasteiger partial charge in [0.15, 0.2) is 0 Å². The van der Waals surface area contributed by atoms with Gasteiger partial charge in [-0.3, -0.25) is 9.58 Å². The van der Waals surface area contributed by atoms with Gasteiger partial charge >= 0.3 is 0 Å². The van der Waals surface area contributed by atoms with Crippen molar-refractivity contribution in [3.8, 4) is 0 Å². The molecule has 102 valence electrons. The van der Waals surface area contributed by atoms with Crippen molar-refractivity contribution in [3.63, 3.8) is 0 Å². The molecule has 18 heavy (non-hydrogen) atoms. The van der Waals surface area contributed by atoms with Crippen LogP contribution in [0.1, 0.15) is 18.7 Å². The van der Waals surface area contributed by atoms with E-state index in [0.717, 1.165) is 29.6 Å². The molecular formula is C12H21ClN4S. The molecule has 1 N–H and O–H groups in total. The third kappa shape index (κ3) is 2.69. The highest BCUT2D eigenvalue weighted by atomic mass is 35.5. The van der Waals surface area contributed by atoms with E-state index >= 15 is 0 Å². The van der Waals surface area contributed by atoms with Crippen molar-refractivity contribution in [1.29, 1.82) is 0 Å². The van der Waals surface area contributed by atoms with Crippen LogP contribution in [-0.4, -0.2) is 52.9 Å². The van der Waals surface area contributed by atoms with Gasteiger partial charge in [0.2, 0.25) is 0 Å². The Morgan fingerprint density at radius 3 is 3.06 bits per heavy atom. The molecule has 0 aromatic carbocycles. The molecule has 2 heterocycles. The monoisotopic (exact) mass is 288 g/mol. The van der Waals surface area contributed by atoms with Crippen LogP contribution in [0.15, 0.2) is 6.20 Å². The number of nitrogens with one attached hydrogen (secondary N) is 1. The first-order chi connectivity index (χ1) is 8.69. The minimum absolute atomic E-state index is 0.234. The molecule has 6 heteroatoms. The normalized spacial score (nSPS) is 23.2. The molecule has 1 aliphatic heterocycles. The van der Waals surface area contributed by atoms with Gasteiger partial charge in [-0.25, -0.2) is 0 Å². The first-order valence-corrected chi connectivity index (χ1v) is 7.88. The molecule has 4 nitrogen and oxygen atoms in total. The van der Waals surface area contributed by atoms with Gasteiger partial charge in [0.25, 0.3) is 0 Å². The first-order valence-electron chi connectivity index (χ1n) is 6.35. The van der Waals surface area contributed by atoms with Crippen LogP contribution in [0.2, 0.25) is 5.02 Å². The summed E-state index contributed by atoms with van der Waals surface area (Å²) in [5, 5.41) is 8.53. The third-order valence-corrected chi connectivity index (χ3v) is 4.91. The summed E-state index contributed by atoms with van der Waals surface area (Å²) in [6.07, 6.45) is 1.75. The Hall–Kier alpha value is -0.230. The van der Waals surface area contributed by atoms with Crippen LogP contribution in [0.5, 0.6) is 0 Å². The van der Waals surface area contributed by atoms with Crippen molar-refractivity contribution in [2.75, 3.05) is 32.1 Å². The maximum Gasteiger partial charge on any atom is 0.0834 e. The number of thioether (sulfide) groups is 1. The predicted octanol–water partition coefficient (Wildman–Crippen LogP) is 1.86. The van der Waals surface area contributed by atoms with Gasteiger partial charge in [-0.15, -0.1) is 0 Å². The smallest absolute Gasteiger partial charge is 0.0834 e. The summed E-state index contributed by atoms with van der Waals surface area (Å²) < 4.78 is 2.00. The second-order valence-corrected chi connectivity index (χ2v) is 6.14. The number of halogens is 1. The van der Waals surface area contributed by atoms with E-state index < -0.39 is 0 Å². The Morgan fingerprint density at radius 1 is 1.67 bits per heavy atom. The number of hydrogen-bond donors (Lipinski definition) is 1. The maximum absolute atomic E-state index is 6.32. The fraction of sp³-hybridized carbons (Fsp3) is 0.750. The summed E-state index contributed by atoms with van der Waals surface area (Å²) in [6, 6.07) is 0.700. The van der Waals surface area contributed by atoms with E-state index in [0.29, 0.717) is 6.04 Å². The van der Waals surface area contributed by atoms with Crippen LogP contribution in [0.25, 0.3) is 0 Å². The van der Waals surface area contributed by atoms with E-state index in [1.54, 1.807) is 6.20 Å². The van der Waals surface area contributed by atoms with Crippen molar-refractivity contribution < 1.29 is 0 Å². The number of likely N-dealkylation sites (N-methyl/N-ethyl adjacent to an activating group) is 2. The van der Waals surface area contributed by atoms with Gasteiger partial charge in [0, 0.05) is 30.6 Å². The molecule has 2 unspecified atom stereocenters. The molecule has 1 fully saturated rings. The summed E-state index contributed by atoms with van der Waals surface area (Å²) in [7, 11) is 4.19. The van der Waals surface area contributed by atoms with Crippen LogP contribution >= 0.6 is 23.4 Å². The third-order valence-electron chi connectivity index (χ3n) is 3.57. The Balaban J connectivity index is 2.29. The highest BCUT2D eigenvalue weighted by molar-refractivity contribution is 7.99. The van der Waals surface area contributed by atoms with Crippen molar-refractivity contribution in [2.45, 2.75) is 25.6 Å².